The molecule has 168 valence electrons. The Morgan fingerprint density at radius 3 is 2.72 bits per heavy atom. The Morgan fingerprint density at radius 2 is 2.00 bits per heavy atom. The molecule has 0 aliphatic carbocycles. The molecule has 32 heavy (non-hydrogen) atoms. The van der Waals surface area contributed by atoms with Crippen molar-refractivity contribution in [3.63, 3.8) is 0 Å². The van der Waals surface area contributed by atoms with E-state index in [4.69, 9.17) is 9.72 Å². The van der Waals surface area contributed by atoms with Crippen LogP contribution in [0.5, 0.6) is 0 Å². The zero-order valence-electron chi connectivity index (χ0n) is 17.7. The van der Waals surface area contributed by atoms with Crippen molar-refractivity contribution in [1.29, 1.82) is 0 Å². The summed E-state index contributed by atoms with van der Waals surface area (Å²) in [6.45, 7) is 3.68. The van der Waals surface area contributed by atoms with E-state index in [-0.39, 0.29) is 24.0 Å². The van der Waals surface area contributed by atoms with Crippen molar-refractivity contribution in [2.24, 2.45) is 0 Å². The molecule has 0 bridgehead atoms. The monoisotopic (exact) mass is 456 g/mol. The van der Waals surface area contributed by atoms with E-state index in [1.54, 1.807) is 28.7 Å². The summed E-state index contributed by atoms with van der Waals surface area (Å²) in [6.07, 6.45) is 2.64. The first-order chi connectivity index (χ1) is 15.2. The van der Waals surface area contributed by atoms with Crippen LogP contribution in [-0.4, -0.2) is 50.2 Å². The van der Waals surface area contributed by atoms with Crippen LogP contribution in [-0.2, 0) is 17.8 Å². The molecule has 1 aliphatic heterocycles. The lowest BCUT2D eigenvalue weighted by Crippen LogP contribution is -2.38. The standard InChI is InChI=1S/C22H24N6O3.ClH/c1-2-31-22(30)27-10-11-28-20(29)12-18(17-8-9-23-15-25-17)26-21(28)19(14-27)24-13-16-6-4-3-5-7-16;/h3-9,12,15,19,24H,2,10-11,13-14H2,1H3;1H. The number of amides is 1. The number of carbonyl (C=O) groups is 1. The van der Waals surface area contributed by atoms with Gasteiger partial charge in [-0.25, -0.2) is 19.7 Å². The SMILES string of the molecule is CCOC(=O)N1CCn2c(nc(-c3ccncn3)cc2=O)C(NCc2ccccc2)C1.Cl. The fourth-order valence-electron chi connectivity index (χ4n) is 3.58. The molecular weight excluding hydrogens is 432 g/mol. The second-order valence-corrected chi connectivity index (χ2v) is 7.15. The minimum Gasteiger partial charge on any atom is -0.450 e. The maximum atomic E-state index is 12.9. The minimum absolute atomic E-state index is 0. The van der Waals surface area contributed by atoms with Crippen molar-refractivity contribution < 1.29 is 9.53 Å². The number of fused-ring (bicyclic) bond motifs is 1. The number of hydrogen-bond donors (Lipinski definition) is 1. The van der Waals surface area contributed by atoms with E-state index in [1.165, 1.54) is 12.4 Å². The molecule has 10 heteroatoms. The largest absolute Gasteiger partial charge is 0.450 e. The molecule has 9 nitrogen and oxygen atoms in total. The van der Waals surface area contributed by atoms with E-state index in [9.17, 15) is 9.59 Å². The Bertz CT molecular complexity index is 1090. The number of nitrogens with zero attached hydrogens (tertiary/aromatic N) is 5. The maximum absolute atomic E-state index is 12.9. The van der Waals surface area contributed by atoms with Gasteiger partial charge in [0, 0.05) is 38.4 Å². The van der Waals surface area contributed by atoms with Gasteiger partial charge in [0.05, 0.1) is 24.0 Å². The van der Waals surface area contributed by atoms with Crippen molar-refractivity contribution in [3.8, 4) is 11.4 Å². The highest BCUT2D eigenvalue weighted by atomic mass is 35.5. The van der Waals surface area contributed by atoms with E-state index in [0.29, 0.717) is 50.0 Å². The molecule has 1 N–H and O–H groups in total. The summed E-state index contributed by atoms with van der Waals surface area (Å²) in [5.74, 6) is 0.573. The fraction of sp³-hybridized carbons (Fsp3) is 0.318. The molecular formula is C22H25ClN6O3. The van der Waals surface area contributed by atoms with Gasteiger partial charge in [-0.05, 0) is 18.6 Å². The summed E-state index contributed by atoms with van der Waals surface area (Å²) >= 11 is 0. The van der Waals surface area contributed by atoms with E-state index in [2.05, 4.69) is 15.3 Å². The topological polar surface area (TPSA) is 102 Å². The Kier molecular flexibility index (Phi) is 7.91. The molecule has 1 amide bonds. The zero-order valence-corrected chi connectivity index (χ0v) is 18.5. The van der Waals surface area contributed by atoms with Crippen LogP contribution in [0.3, 0.4) is 0 Å². The second-order valence-electron chi connectivity index (χ2n) is 7.15. The summed E-state index contributed by atoms with van der Waals surface area (Å²) < 4.78 is 6.82. The molecule has 0 fully saturated rings. The van der Waals surface area contributed by atoms with Crippen LogP contribution in [0.1, 0.15) is 24.4 Å². The number of nitrogens with one attached hydrogen (secondary N) is 1. The van der Waals surface area contributed by atoms with Gasteiger partial charge in [0.1, 0.15) is 12.2 Å². The van der Waals surface area contributed by atoms with Crippen LogP contribution in [0.2, 0.25) is 0 Å². The number of ether oxygens (including phenoxy) is 1. The third-order valence-corrected chi connectivity index (χ3v) is 5.11. The molecule has 0 saturated carbocycles. The molecule has 3 heterocycles. The Hall–Kier alpha value is -3.30. The molecule has 0 radical (unpaired) electrons. The Labute approximate surface area is 191 Å². The van der Waals surface area contributed by atoms with Crippen LogP contribution in [0.15, 0.2) is 59.8 Å². The van der Waals surface area contributed by atoms with Gasteiger partial charge >= 0.3 is 6.09 Å². The third kappa shape index (κ3) is 5.30. The average Bonchev–Trinajstić information content (AvgIpc) is 2.99. The number of carbonyl (C=O) groups excluding carboxylic acids is 1. The summed E-state index contributed by atoms with van der Waals surface area (Å²) in [4.78, 5) is 39.9. The number of benzene rings is 1. The highest BCUT2D eigenvalue weighted by Crippen LogP contribution is 2.20. The molecule has 1 unspecified atom stereocenters. The Balaban J connectivity index is 0.00000289. The predicted molar refractivity (Wildman–Crippen MR) is 121 cm³/mol. The number of hydrogen-bond acceptors (Lipinski definition) is 7. The number of rotatable bonds is 5. The second kappa shape index (κ2) is 10.8. The van der Waals surface area contributed by atoms with Gasteiger partial charge in [-0.3, -0.25) is 9.36 Å². The smallest absolute Gasteiger partial charge is 0.409 e. The van der Waals surface area contributed by atoms with Crippen molar-refractivity contribution in [1.82, 2.24) is 29.7 Å². The van der Waals surface area contributed by atoms with Gasteiger partial charge in [-0.1, -0.05) is 30.3 Å². The lowest BCUT2D eigenvalue weighted by molar-refractivity contribution is 0.104. The quantitative estimate of drug-likeness (QED) is 0.629. The van der Waals surface area contributed by atoms with E-state index in [0.717, 1.165) is 5.56 Å². The van der Waals surface area contributed by atoms with Crippen molar-refractivity contribution in [3.05, 3.63) is 76.7 Å². The molecule has 3 aromatic rings. The normalized spacial score (nSPS) is 15.3. The van der Waals surface area contributed by atoms with Gasteiger partial charge in [0.2, 0.25) is 0 Å². The van der Waals surface area contributed by atoms with Crippen LogP contribution in [0.4, 0.5) is 4.79 Å². The maximum Gasteiger partial charge on any atom is 0.409 e. The molecule has 4 rings (SSSR count). The molecule has 1 atom stereocenters. The summed E-state index contributed by atoms with van der Waals surface area (Å²) in [5.41, 5.74) is 1.96. The molecule has 0 spiro atoms. The lowest BCUT2D eigenvalue weighted by atomic mass is 10.2. The summed E-state index contributed by atoms with van der Waals surface area (Å²) in [7, 11) is 0. The van der Waals surface area contributed by atoms with Crippen LogP contribution in [0.25, 0.3) is 11.4 Å². The van der Waals surface area contributed by atoms with Gasteiger partial charge in [0.15, 0.2) is 0 Å². The van der Waals surface area contributed by atoms with Crippen LogP contribution < -0.4 is 10.9 Å². The van der Waals surface area contributed by atoms with Gasteiger partial charge in [-0.2, -0.15) is 0 Å². The van der Waals surface area contributed by atoms with Gasteiger partial charge < -0.3 is 15.0 Å². The van der Waals surface area contributed by atoms with Crippen molar-refractivity contribution in [2.45, 2.75) is 26.1 Å². The van der Waals surface area contributed by atoms with Crippen LogP contribution in [0, 0.1) is 0 Å². The van der Waals surface area contributed by atoms with E-state index in [1.807, 2.05) is 30.3 Å². The summed E-state index contributed by atoms with van der Waals surface area (Å²) in [6, 6.07) is 12.8. The van der Waals surface area contributed by atoms with Crippen molar-refractivity contribution in [2.75, 3.05) is 19.7 Å². The molecule has 2 aromatic heterocycles. The van der Waals surface area contributed by atoms with E-state index < -0.39 is 6.09 Å². The predicted octanol–water partition coefficient (Wildman–Crippen LogP) is 2.43. The average molecular weight is 457 g/mol. The molecule has 1 aliphatic rings. The summed E-state index contributed by atoms with van der Waals surface area (Å²) in [5, 5.41) is 3.46. The lowest BCUT2D eigenvalue weighted by Gasteiger charge is -2.24. The first-order valence-electron chi connectivity index (χ1n) is 10.2. The first-order valence-corrected chi connectivity index (χ1v) is 10.2. The fourth-order valence-corrected chi connectivity index (χ4v) is 3.58. The van der Waals surface area contributed by atoms with Gasteiger partial charge in [-0.15, -0.1) is 12.4 Å². The zero-order chi connectivity index (χ0) is 21.6. The van der Waals surface area contributed by atoms with E-state index >= 15 is 0 Å². The highest BCUT2D eigenvalue weighted by Gasteiger charge is 2.29. The number of aromatic nitrogens is 4. The highest BCUT2D eigenvalue weighted by molar-refractivity contribution is 5.85. The molecule has 1 aromatic carbocycles. The Morgan fingerprint density at radius 1 is 1.19 bits per heavy atom. The van der Waals surface area contributed by atoms with Gasteiger partial charge in [0.25, 0.3) is 5.56 Å². The minimum atomic E-state index is -0.397. The number of halogens is 1. The first kappa shape index (κ1) is 23.4. The van der Waals surface area contributed by atoms with Crippen molar-refractivity contribution >= 4 is 18.5 Å². The van der Waals surface area contributed by atoms with Crippen LogP contribution >= 0.6 is 12.4 Å². The molecule has 0 saturated heterocycles. The third-order valence-electron chi connectivity index (χ3n) is 5.11.